The van der Waals surface area contributed by atoms with Crippen molar-refractivity contribution in [3.8, 4) is 5.75 Å². The summed E-state index contributed by atoms with van der Waals surface area (Å²) in [4.78, 5) is 25.0. The van der Waals surface area contributed by atoms with Gasteiger partial charge in [0.2, 0.25) is 6.41 Å². The predicted octanol–water partition coefficient (Wildman–Crippen LogP) is 2.10. The lowest BCUT2D eigenvalue weighted by Gasteiger charge is -2.10. The molecule has 0 saturated heterocycles. The Hall–Kier alpha value is -3.88. The third kappa shape index (κ3) is 4.03. The van der Waals surface area contributed by atoms with E-state index in [4.69, 9.17) is 4.74 Å². The minimum absolute atomic E-state index is 0.306. The van der Waals surface area contributed by atoms with Crippen molar-refractivity contribution in [2.45, 2.75) is 6.92 Å². The van der Waals surface area contributed by atoms with Gasteiger partial charge in [0.1, 0.15) is 5.75 Å². The Bertz CT molecular complexity index is 1000. The Morgan fingerprint density at radius 3 is 2.85 bits per heavy atom. The molecule has 9 heteroatoms. The summed E-state index contributed by atoms with van der Waals surface area (Å²) in [6.07, 6.45) is 10.3. The van der Waals surface area contributed by atoms with Crippen LogP contribution in [0.3, 0.4) is 0 Å². The van der Waals surface area contributed by atoms with Gasteiger partial charge in [-0.3, -0.25) is 24.7 Å². The summed E-state index contributed by atoms with van der Waals surface area (Å²) in [6, 6.07) is 3.44. The van der Waals surface area contributed by atoms with E-state index in [1.807, 2.05) is 0 Å². The van der Waals surface area contributed by atoms with Crippen molar-refractivity contribution in [3.05, 3.63) is 60.3 Å². The van der Waals surface area contributed by atoms with Gasteiger partial charge in [-0.15, -0.1) is 0 Å². The van der Waals surface area contributed by atoms with Gasteiger partial charge >= 0.3 is 0 Å². The van der Waals surface area contributed by atoms with Crippen molar-refractivity contribution in [1.82, 2.24) is 25.7 Å². The number of nitrogens with one attached hydrogen (secondary N) is 3. The van der Waals surface area contributed by atoms with E-state index in [0.29, 0.717) is 29.1 Å². The number of fused-ring (bicyclic) bond motifs is 1. The monoisotopic (exact) mass is 366 g/mol. The zero-order valence-corrected chi connectivity index (χ0v) is 14.8. The molecule has 0 aliphatic heterocycles. The number of ether oxygens (including phenoxy) is 1. The number of aromatic nitrogens is 4. The first-order valence-electron chi connectivity index (χ1n) is 8.02. The zero-order chi connectivity index (χ0) is 19.2. The van der Waals surface area contributed by atoms with E-state index < -0.39 is 0 Å². The lowest BCUT2D eigenvalue weighted by Crippen LogP contribution is -2.22. The SMILES string of the molecule is COc1cc2[nH]ncc2cc1C(=O)N/C(C)=C/C=C\N(C=O)c1cn[nH]c1. The van der Waals surface area contributed by atoms with Crippen LogP contribution in [0.1, 0.15) is 17.3 Å². The van der Waals surface area contributed by atoms with Crippen LogP contribution < -0.4 is 15.0 Å². The molecule has 0 atom stereocenters. The van der Waals surface area contributed by atoms with E-state index in [9.17, 15) is 9.59 Å². The molecule has 0 saturated carbocycles. The van der Waals surface area contributed by atoms with Crippen molar-refractivity contribution in [3.63, 3.8) is 0 Å². The van der Waals surface area contributed by atoms with E-state index in [1.54, 1.807) is 49.8 Å². The maximum Gasteiger partial charge on any atom is 0.259 e. The molecule has 0 aliphatic carbocycles. The van der Waals surface area contributed by atoms with Crippen LogP contribution in [0.2, 0.25) is 0 Å². The maximum absolute atomic E-state index is 12.6. The number of hydrogen-bond donors (Lipinski definition) is 3. The van der Waals surface area contributed by atoms with Crippen LogP contribution in [0.4, 0.5) is 5.69 Å². The topological polar surface area (TPSA) is 116 Å². The van der Waals surface area contributed by atoms with E-state index in [1.165, 1.54) is 18.2 Å². The molecule has 0 unspecified atom stereocenters. The molecule has 2 amide bonds. The number of nitrogens with zero attached hydrogens (tertiary/aromatic N) is 3. The van der Waals surface area contributed by atoms with Crippen molar-refractivity contribution >= 4 is 28.9 Å². The highest BCUT2D eigenvalue weighted by Crippen LogP contribution is 2.24. The summed E-state index contributed by atoms with van der Waals surface area (Å²) in [5.74, 6) is 0.138. The first-order chi connectivity index (χ1) is 13.1. The fraction of sp³-hybridized carbons (Fsp3) is 0.111. The molecular weight excluding hydrogens is 348 g/mol. The zero-order valence-electron chi connectivity index (χ0n) is 14.8. The van der Waals surface area contributed by atoms with Gasteiger partial charge < -0.3 is 10.1 Å². The average Bonchev–Trinajstić information content (AvgIpc) is 3.35. The molecule has 3 N–H and O–H groups in total. The molecule has 27 heavy (non-hydrogen) atoms. The van der Waals surface area contributed by atoms with Gasteiger partial charge in [-0.2, -0.15) is 10.2 Å². The van der Waals surface area contributed by atoms with Gasteiger partial charge in [-0.1, -0.05) is 0 Å². The average molecular weight is 366 g/mol. The number of benzene rings is 1. The molecular formula is C18H18N6O3. The Kier molecular flexibility index (Phi) is 5.31. The molecule has 0 radical (unpaired) electrons. The van der Waals surface area contributed by atoms with Gasteiger partial charge in [-0.25, -0.2) is 0 Å². The van der Waals surface area contributed by atoms with Gasteiger partial charge in [0.05, 0.1) is 36.3 Å². The third-order valence-corrected chi connectivity index (χ3v) is 3.80. The number of aromatic amines is 2. The standard InChI is InChI=1S/C18H18N6O3/c1-12(4-3-5-24(11-25)14-9-19-20-10-14)22-18(26)15-6-13-8-21-23-16(13)7-17(15)27-2/h3-11H,1-2H3,(H,19,20)(H,21,23)(H,22,26)/b5-3-,12-4+. The highest BCUT2D eigenvalue weighted by molar-refractivity contribution is 6.01. The number of carbonyl (C=O) groups is 2. The molecule has 3 aromatic rings. The number of carbonyl (C=O) groups excluding carboxylic acids is 2. The second kappa shape index (κ2) is 8.00. The largest absolute Gasteiger partial charge is 0.496 e. The Morgan fingerprint density at radius 1 is 1.30 bits per heavy atom. The predicted molar refractivity (Wildman–Crippen MR) is 100 cm³/mol. The van der Waals surface area contributed by atoms with Crippen LogP contribution in [0.25, 0.3) is 10.9 Å². The van der Waals surface area contributed by atoms with Crippen LogP contribution >= 0.6 is 0 Å². The van der Waals surface area contributed by atoms with Crippen LogP contribution in [0.15, 0.2) is 54.8 Å². The smallest absolute Gasteiger partial charge is 0.259 e. The fourth-order valence-corrected chi connectivity index (χ4v) is 2.45. The van der Waals surface area contributed by atoms with Gasteiger partial charge in [0.15, 0.2) is 0 Å². The summed E-state index contributed by atoms with van der Waals surface area (Å²) in [5.41, 5.74) is 2.39. The lowest BCUT2D eigenvalue weighted by atomic mass is 10.1. The van der Waals surface area contributed by atoms with Gasteiger partial charge in [-0.05, 0) is 25.1 Å². The molecule has 0 bridgehead atoms. The fourth-order valence-electron chi connectivity index (χ4n) is 2.45. The lowest BCUT2D eigenvalue weighted by molar-refractivity contribution is -0.106. The first-order valence-corrected chi connectivity index (χ1v) is 8.02. The van der Waals surface area contributed by atoms with E-state index >= 15 is 0 Å². The second-order valence-electron chi connectivity index (χ2n) is 5.62. The molecule has 9 nitrogen and oxygen atoms in total. The highest BCUT2D eigenvalue weighted by atomic mass is 16.5. The number of amides is 2. The van der Waals surface area contributed by atoms with Crippen LogP contribution in [0, 0.1) is 0 Å². The number of anilines is 1. The maximum atomic E-state index is 12.6. The summed E-state index contributed by atoms with van der Waals surface area (Å²) in [6.45, 7) is 1.74. The molecule has 0 spiro atoms. The molecule has 1 aromatic carbocycles. The van der Waals surface area contributed by atoms with Crippen LogP contribution in [-0.4, -0.2) is 39.8 Å². The molecule has 2 heterocycles. The number of rotatable bonds is 7. The summed E-state index contributed by atoms with van der Waals surface area (Å²) in [7, 11) is 1.50. The minimum Gasteiger partial charge on any atom is -0.496 e. The van der Waals surface area contributed by atoms with Gasteiger partial charge in [0.25, 0.3) is 5.91 Å². The van der Waals surface area contributed by atoms with E-state index in [-0.39, 0.29) is 5.91 Å². The molecule has 138 valence electrons. The number of H-pyrrole nitrogens is 2. The number of hydrogen-bond acceptors (Lipinski definition) is 5. The van der Waals surface area contributed by atoms with E-state index in [0.717, 1.165) is 10.9 Å². The number of allylic oxidation sites excluding steroid dienone is 3. The van der Waals surface area contributed by atoms with Crippen molar-refractivity contribution in [2.24, 2.45) is 0 Å². The van der Waals surface area contributed by atoms with E-state index in [2.05, 4.69) is 25.7 Å². The van der Waals surface area contributed by atoms with Crippen molar-refractivity contribution < 1.29 is 14.3 Å². The summed E-state index contributed by atoms with van der Waals surface area (Å²) >= 11 is 0. The highest BCUT2D eigenvalue weighted by Gasteiger charge is 2.14. The third-order valence-electron chi connectivity index (χ3n) is 3.80. The molecule has 2 aromatic heterocycles. The second-order valence-corrected chi connectivity index (χ2v) is 5.62. The minimum atomic E-state index is -0.306. The normalized spacial score (nSPS) is 11.7. The number of methoxy groups -OCH3 is 1. The summed E-state index contributed by atoms with van der Waals surface area (Å²) in [5, 5.41) is 16.8. The van der Waals surface area contributed by atoms with Crippen molar-refractivity contribution in [2.75, 3.05) is 12.0 Å². The molecule has 3 rings (SSSR count). The molecule has 0 aliphatic rings. The van der Waals surface area contributed by atoms with Crippen LogP contribution in [-0.2, 0) is 4.79 Å². The van der Waals surface area contributed by atoms with Crippen molar-refractivity contribution in [1.29, 1.82) is 0 Å². The molecule has 0 fully saturated rings. The van der Waals surface area contributed by atoms with Gasteiger partial charge in [0, 0.05) is 29.5 Å². The Morgan fingerprint density at radius 2 is 2.15 bits per heavy atom. The Balaban J connectivity index is 1.72. The Labute approximate surface area is 154 Å². The quantitative estimate of drug-likeness (QED) is 0.437. The van der Waals surface area contributed by atoms with Crippen LogP contribution in [0.5, 0.6) is 5.75 Å². The first kappa shape index (κ1) is 17.9. The summed E-state index contributed by atoms with van der Waals surface area (Å²) < 4.78 is 5.30.